The predicted molar refractivity (Wildman–Crippen MR) is 84.2 cm³/mol. The summed E-state index contributed by atoms with van der Waals surface area (Å²) in [6.45, 7) is 8.70. The number of hydrogen-bond donors (Lipinski definition) is 2. The van der Waals surface area contributed by atoms with E-state index in [1.54, 1.807) is 6.92 Å². The van der Waals surface area contributed by atoms with Crippen molar-refractivity contribution in [3.8, 4) is 0 Å². The summed E-state index contributed by atoms with van der Waals surface area (Å²) < 4.78 is 5.28. The second kappa shape index (κ2) is 6.37. The molecule has 0 spiro atoms. The number of ether oxygens (including phenoxy) is 1. The molecule has 1 aliphatic rings. The zero-order valence-electron chi connectivity index (χ0n) is 13.6. The first-order valence-corrected chi connectivity index (χ1v) is 7.55. The van der Waals surface area contributed by atoms with Gasteiger partial charge in [-0.1, -0.05) is 0 Å². The van der Waals surface area contributed by atoms with Crippen LogP contribution in [0, 0.1) is 6.92 Å². The fourth-order valence-corrected chi connectivity index (χ4v) is 2.47. The molecule has 1 aromatic rings. The number of carbonyl (C=O) groups is 1. The number of amides is 1. The molecule has 1 saturated heterocycles. The summed E-state index contributed by atoms with van der Waals surface area (Å²) >= 11 is 0. The number of hydrogen-bond acceptors (Lipinski definition) is 5. The Morgan fingerprint density at radius 2 is 2.23 bits per heavy atom. The first kappa shape index (κ1) is 16.3. The van der Waals surface area contributed by atoms with E-state index in [1.807, 2.05) is 25.7 Å². The van der Waals surface area contributed by atoms with Gasteiger partial charge >= 0.3 is 6.09 Å². The Kier molecular flexibility index (Phi) is 4.73. The lowest BCUT2D eigenvalue weighted by Gasteiger charge is -2.33. The number of alkyl carbamates (subject to hydrolysis) is 1. The van der Waals surface area contributed by atoms with Crippen LogP contribution < -0.4 is 15.8 Å². The van der Waals surface area contributed by atoms with Crippen molar-refractivity contribution < 1.29 is 9.53 Å². The van der Waals surface area contributed by atoms with Crippen molar-refractivity contribution in [1.82, 2.24) is 15.3 Å². The van der Waals surface area contributed by atoms with E-state index in [1.165, 1.54) is 6.07 Å². The minimum atomic E-state index is -0.512. The topological polar surface area (TPSA) is 87.3 Å². The molecule has 1 aliphatic heterocycles. The lowest BCUT2D eigenvalue weighted by atomic mass is 10.1. The van der Waals surface area contributed by atoms with Crippen LogP contribution in [0.1, 0.15) is 39.3 Å². The molecular formula is C15H24N4O3. The Morgan fingerprint density at radius 1 is 1.50 bits per heavy atom. The van der Waals surface area contributed by atoms with Crippen molar-refractivity contribution in [1.29, 1.82) is 0 Å². The summed E-state index contributed by atoms with van der Waals surface area (Å²) in [5.74, 6) is 0.556. The zero-order valence-corrected chi connectivity index (χ0v) is 13.6. The molecule has 2 N–H and O–H groups in total. The summed E-state index contributed by atoms with van der Waals surface area (Å²) in [6.07, 6.45) is 1.38. The Labute approximate surface area is 130 Å². The molecule has 7 heteroatoms. The average molecular weight is 308 g/mol. The van der Waals surface area contributed by atoms with Crippen LogP contribution in [0.2, 0.25) is 0 Å². The zero-order chi connectivity index (χ0) is 16.3. The Morgan fingerprint density at radius 3 is 2.86 bits per heavy atom. The summed E-state index contributed by atoms with van der Waals surface area (Å²) in [5, 5.41) is 2.88. The molecule has 1 amide bonds. The number of nitrogens with zero attached hydrogens (tertiary/aromatic N) is 2. The van der Waals surface area contributed by atoms with Gasteiger partial charge in [0, 0.05) is 30.9 Å². The van der Waals surface area contributed by atoms with Gasteiger partial charge in [-0.3, -0.25) is 9.78 Å². The second-order valence-corrected chi connectivity index (χ2v) is 6.64. The van der Waals surface area contributed by atoms with Gasteiger partial charge in [-0.05, 0) is 40.5 Å². The van der Waals surface area contributed by atoms with E-state index in [2.05, 4.69) is 15.3 Å². The molecule has 0 aromatic carbocycles. The van der Waals surface area contributed by atoms with E-state index >= 15 is 0 Å². The minimum absolute atomic E-state index is 0.0191. The number of rotatable bonds is 2. The molecule has 1 fully saturated rings. The highest BCUT2D eigenvalue weighted by atomic mass is 16.6. The number of nitrogens with one attached hydrogen (secondary N) is 2. The molecule has 0 radical (unpaired) electrons. The summed E-state index contributed by atoms with van der Waals surface area (Å²) in [7, 11) is 0. The number of carbonyl (C=O) groups excluding carboxylic acids is 1. The molecule has 122 valence electrons. The Balaban J connectivity index is 2.00. The van der Waals surface area contributed by atoms with E-state index in [0.29, 0.717) is 18.2 Å². The molecule has 22 heavy (non-hydrogen) atoms. The van der Waals surface area contributed by atoms with Crippen molar-refractivity contribution in [3.05, 3.63) is 22.1 Å². The van der Waals surface area contributed by atoms with Gasteiger partial charge in [0.15, 0.2) is 0 Å². The van der Waals surface area contributed by atoms with Crippen molar-refractivity contribution in [3.63, 3.8) is 0 Å². The highest BCUT2D eigenvalue weighted by Gasteiger charge is 2.25. The van der Waals surface area contributed by atoms with Gasteiger partial charge in [0.25, 0.3) is 5.56 Å². The lowest BCUT2D eigenvalue weighted by Crippen LogP contribution is -2.49. The van der Waals surface area contributed by atoms with Crippen molar-refractivity contribution in [2.75, 3.05) is 18.0 Å². The highest BCUT2D eigenvalue weighted by Crippen LogP contribution is 2.16. The monoisotopic (exact) mass is 308 g/mol. The fraction of sp³-hybridized carbons (Fsp3) is 0.667. The van der Waals surface area contributed by atoms with Crippen molar-refractivity contribution >= 4 is 12.0 Å². The highest BCUT2D eigenvalue weighted by molar-refractivity contribution is 5.68. The number of anilines is 1. The molecule has 2 rings (SSSR count). The van der Waals surface area contributed by atoms with Gasteiger partial charge in [-0.2, -0.15) is 0 Å². The maximum Gasteiger partial charge on any atom is 0.407 e. The smallest absolute Gasteiger partial charge is 0.407 e. The average Bonchev–Trinajstić information content (AvgIpc) is 2.35. The fourth-order valence-electron chi connectivity index (χ4n) is 2.47. The maximum absolute atomic E-state index is 11.9. The molecule has 1 unspecified atom stereocenters. The molecule has 2 heterocycles. The number of H-pyrrole nitrogens is 1. The second-order valence-electron chi connectivity index (χ2n) is 6.64. The third kappa shape index (κ3) is 4.75. The van der Waals surface area contributed by atoms with Gasteiger partial charge in [0.05, 0.1) is 0 Å². The minimum Gasteiger partial charge on any atom is -0.444 e. The third-order valence-corrected chi connectivity index (χ3v) is 3.30. The third-order valence-electron chi connectivity index (χ3n) is 3.30. The largest absolute Gasteiger partial charge is 0.444 e. The molecule has 7 nitrogen and oxygen atoms in total. The van der Waals surface area contributed by atoms with Gasteiger partial charge < -0.3 is 15.0 Å². The van der Waals surface area contributed by atoms with E-state index in [0.717, 1.165) is 19.4 Å². The van der Waals surface area contributed by atoms with Crippen molar-refractivity contribution in [2.45, 2.75) is 52.2 Å². The van der Waals surface area contributed by atoms with Gasteiger partial charge in [0.2, 0.25) is 5.95 Å². The van der Waals surface area contributed by atoms with Crippen LogP contribution in [0.5, 0.6) is 0 Å². The summed E-state index contributed by atoms with van der Waals surface area (Å²) in [6, 6.07) is 1.44. The standard InChI is InChI=1S/C15H24N4O3/c1-10-8-12(20)18-13(16-10)19-7-5-6-11(9-19)17-14(21)22-15(2,3)4/h8,11H,5-7,9H2,1-4H3,(H,17,21)(H,16,18,20). The van der Waals surface area contributed by atoms with Crippen LogP contribution in [0.3, 0.4) is 0 Å². The molecule has 0 saturated carbocycles. The number of aromatic amines is 1. The van der Waals surface area contributed by atoms with Gasteiger partial charge in [-0.15, -0.1) is 0 Å². The van der Waals surface area contributed by atoms with Crippen LogP contribution >= 0.6 is 0 Å². The van der Waals surface area contributed by atoms with Crippen LogP contribution in [0.25, 0.3) is 0 Å². The molecule has 1 aromatic heterocycles. The van der Waals surface area contributed by atoms with E-state index in [-0.39, 0.29) is 11.6 Å². The maximum atomic E-state index is 11.9. The number of aromatic nitrogens is 2. The van der Waals surface area contributed by atoms with E-state index in [9.17, 15) is 9.59 Å². The Hall–Kier alpha value is -2.05. The summed E-state index contributed by atoms with van der Waals surface area (Å²) in [5.41, 5.74) is 0.00704. The quantitative estimate of drug-likeness (QED) is 0.866. The number of aryl methyl sites for hydroxylation is 1. The van der Waals surface area contributed by atoms with Crippen LogP contribution in [-0.2, 0) is 4.74 Å². The lowest BCUT2D eigenvalue weighted by molar-refractivity contribution is 0.0500. The van der Waals surface area contributed by atoms with Gasteiger partial charge in [-0.25, -0.2) is 9.78 Å². The molecular weight excluding hydrogens is 284 g/mol. The number of piperidine rings is 1. The Bertz CT molecular complexity index is 591. The van der Waals surface area contributed by atoms with Crippen LogP contribution in [0.15, 0.2) is 10.9 Å². The molecule has 1 atom stereocenters. The SMILES string of the molecule is Cc1cc(=O)[nH]c(N2CCCC(NC(=O)OC(C)(C)C)C2)n1. The van der Waals surface area contributed by atoms with Crippen LogP contribution in [0.4, 0.5) is 10.7 Å². The first-order chi connectivity index (χ1) is 10.2. The summed E-state index contributed by atoms with van der Waals surface area (Å²) in [4.78, 5) is 32.5. The molecule has 0 aliphatic carbocycles. The predicted octanol–water partition coefficient (Wildman–Crippen LogP) is 1.57. The van der Waals surface area contributed by atoms with Gasteiger partial charge in [0.1, 0.15) is 5.60 Å². The normalized spacial score (nSPS) is 18.9. The first-order valence-electron chi connectivity index (χ1n) is 7.55. The molecule has 0 bridgehead atoms. The van der Waals surface area contributed by atoms with E-state index < -0.39 is 11.7 Å². The van der Waals surface area contributed by atoms with Crippen molar-refractivity contribution in [2.24, 2.45) is 0 Å². The van der Waals surface area contributed by atoms with Crippen LogP contribution in [-0.4, -0.2) is 40.8 Å². The van der Waals surface area contributed by atoms with E-state index in [4.69, 9.17) is 4.74 Å².